The minimum Gasteiger partial charge on any atom is -0.480 e. The fraction of sp³-hybridized carbons (Fsp3) is 0.731. The predicted molar refractivity (Wildman–Crippen MR) is 379 cm³/mol. The molecule has 35 heteroatoms. The number of nitrogens with one attached hydrogen (secondary N) is 13. The van der Waals surface area contributed by atoms with E-state index >= 15 is 0 Å². The lowest BCUT2D eigenvalue weighted by Crippen LogP contribution is -2.60. The molecule has 1 aliphatic heterocycles. The summed E-state index contributed by atoms with van der Waals surface area (Å²) in [5, 5.41) is 39.9. The molecule has 0 aromatic carbocycles. The molecule has 0 unspecified atom stereocenters. The van der Waals surface area contributed by atoms with Crippen LogP contribution in [0.15, 0.2) is 28.3 Å². The number of carbonyl (C=O) groups excluding carboxylic acids is 10. The number of hydrogen-bond donors (Lipinski definition) is 18. The van der Waals surface area contributed by atoms with Crippen molar-refractivity contribution in [1.82, 2.24) is 78.0 Å². The quantitative estimate of drug-likeness (QED) is 0.0313. The second-order valence-electron chi connectivity index (χ2n) is 26.8. The molecule has 102 heavy (non-hydrogen) atoms. The normalized spacial score (nSPS) is 16.9. The molecule has 3 rings (SSSR count). The molecule has 1 saturated heterocycles. The van der Waals surface area contributed by atoms with E-state index in [1.165, 1.54) is 38.5 Å². The molecule has 10 amide bonds. The zero-order valence-electron chi connectivity index (χ0n) is 60.7. The smallest absolute Gasteiger partial charge is 0.330 e. The molecule has 35 nitrogen and oxygen atoms in total. The third kappa shape index (κ3) is 32.8. The molecule has 12 atom stereocenters. The van der Waals surface area contributed by atoms with Gasteiger partial charge in [-0.1, -0.05) is 34.1 Å². The number of carboxylic acids is 1. The minimum absolute atomic E-state index is 0.0491. The first kappa shape index (κ1) is 88.0. The van der Waals surface area contributed by atoms with Crippen LogP contribution < -0.4 is 92.7 Å². The summed E-state index contributed by atoms with van der Waals surface area (Å²) >= 11 is 0. The van der Waals surface area contributed by atoms with Crippen LogP contribution in [0, 0.1) is 18.8 Å². The average molecular weight is 1440 g/mol. The van der Waals surface area contributed by atoms with Crippen LogP contribution in [0.2, 0.25) is 0 Å². The van der Waals surface area contributed by atoms with Gasteiger partial charge in [-0.3, -0.25) is 62.3 Å². The molecule has 0 radical (unpaired) electrons. The third-order valence-corrected chi connectivity index (χ3v) is 16.9. The van der Waals surface area contributed by atoms with Crippen molar-refractivity contribution < 1.29 is 67.3 Å². The Morgan fingerprint density at radius 3 is 1.48 bits per heavy atom. The number of nitrogens with two attached hydrogens (primary N) is 4. The van der Waals surface area contributed by atoms with Crippen LogP contribution in [0.3, 0.4) is 0 Å². The molecule has 0 bridgehead atoms. The van der Waals surface area contributed by atoms with Crippen LogP contribution in [0.25, 0.3) is 0 Å². The number of carbonyl (C=O) groups is 11. The lowest BCUT2D eigenvalue weighted by Gasteiger charge is -2.27. The number of nitrogens with zero attached hydrogens (tertiary/aromatic N) is 2. The SMILES string of the molecule is Cc1cn([C@H]2C[C@H](OCCNCc3cnc[nH]3)[C@@H](C(=O)NCCCC[C@@H](NC(=O)[C@@H](C)NC(=O)[C@@H](CCCCN)NC(=O)[C@@H](C)NC(=O)[C@@H](CC(C)C)NC(=O)[C@@H](CCCCN)NC(=O)[C@@H](C)NC(=O)[C@@H](CC(C)C)NC(=O)[C@@H](CCCCN)NC(=O)CCCCCN)C(=O)O)O2)c(=O)[nH]c1=O. The molecular weight excluding hydrogens is 1330 g/mol. The minimum atomic E-state index is -1.42. The first-order valence-electron chi connectivity index (χ1n) is 35.8. The molecule has 2 aromatic heterocycles. The van der Waals surface area contributed by atoms with E-state index in [1.54, 1.807) is 26.4 Å². The summed E-state index contributed by atoms with van der Waals surface area (Å²) in [6, 6.07) is -11.1. The topological polar surface area (TPSA) is 546 Å². The summed E-state index contributed by atoms with van der Waals surface area (Å²) in [5.41, 5.74) is 22.6. The Labute approximate surface area is 596 Å². The molecule has 3 heterocycles. The molecular formula is C67H117N19O16. The van der Waals surface area contributed by atoms with E-state index in [4.69, 9.17) is 32.4 Å². The fourth-order valence-electron chi connectivity index (χ4n) is 11.1. The predicted octanol–water partition coefficient (Wildman–Crippen LogP) is -2.18. The van der Waals surface area contributed by atoms with Gasteiger partial charge in [-0.15, -0.1) is 0 Å². The van der Waals surface area contributed by atoms with E-state index in [2.05, 4.69) is 73.4 Å². The van der Waals surface area contributed by atoms with Crippen LogP contribution in [0.4, 0.5) is 0 Å². The monoisotopic (exact) mass is 1440 g/mol. The van der Waals surface area contributed by atoms with Gasteiger partial charge in [0.05, 0.1) is 19.0 Å². The van der Waals surface area contributed by atoms with Crippen molar-refractivity contribution in [3.8, 4) is 0 Å². The molecule has 0 aliphatic carbocycles. The number of imidazole rings is 1. The fourth-order valence-corrected chi connectivity index (χ4v) is 11.1. The Balaban J connectivity index is 1.63. The van der Waals surface area contributed by atoms with Crippen molar-refractivity contribution in [2.45, 2.75) is 257 Å². The van der Waals surface area contributed by atoms with Gasteiger partial charge < -0.3 is 101 Å². The molecule has 0 saturated carbocycles. The summed E-state index contributed by atoms with van der Waals surface area (Å²) in [5.74, 6) is -8.50. The van der Waals surface area contributed by atoms with Gasteiger partial charge in [-0.2, -0.15) is 0 Å². The number of unbranched alkanes of at least 4 members (excludes halogenated alkanes) is 6. The number of aromatic amines is 2. The van der Waals surface area contributed by atoms with Gasteiger partial charge in [0.1, 0.15) is 60.6 Å². The first-order valence-corrected chi connectivity index (χ1v) is 35.8. The van der Waals surface area contributed by atoms with Crippen molar-refractivity contribution in [2.24, 2.45) is 34.8 Å². The van der Waals surface area contributed by atoms with Gasteiger partial charge in [0.25, 0.3) is 11.5 Å². The summed E-state index contributed by atoms with van der Waals surface area (Å²) in [6.45, 7) is 15.5. The highest BCUT2D eigenvalue weighted by Crippen LogP contribution is 2.30. The van der Waals surface area contributed by atoms with Gasteiger partial charge in [0.2, 0.25) is 53.2 Å². The summed E-state index contributed by atoms with van der Waals surface area (Å²) in [4.78, 5) is 184. The maximum Gasteiger partial charge on any atom is 0.330 e. The van der Waals surface area contributed by atoms with Crippen molar-refractivity contribution in [2.75, 3.05) is 45.9 Å². The summed E-state index contributed by atoms with van der Waals surface area (Å²) in [7, 11) is 0. The maximum absolute atomic E-state index is 14.2. The van der Waals surface area contributed by atoms with Crippen LogP contribution in [-0.4, -0.2) is 202 Å². The zero-order chi connectivity index (χ0) is 75.8. The van der Waals surface area contributed by atoms with Crippen LogP contribution in [0.1, 0.15) is 188 Å². The molecule has 0 spiro atoms. The molecule has 576 valence electrons. The molecule has 2 aromatic rings. The summed E-state index contributed by atoms with van der Waals surface area (Å²) in [6.07, 6.45) is 7.92. The van der Waals surface area contributed by atoms with Crippen molar-refractivity contribution in [3.63, 3.8) is 0 Å². The Bertz CT molecular complexity index is 3080. The Morgan fingerprint density at radius 1 is 0.569 bits per heavy atom. The largest absolute Gasteiger partial charge is 0.480 e. The second-order valence-corrected chi connectivity index (χ2v) is 26.8. The lowest BCUT2D eigenvalue weighted by atomic mass is 10.0. The molecule has 22 N–H and O–H groups in total. The highest BCUT2D eigenvalue weighted by atomic mass is 16.6. The average Bonchev–Trinajstić information content (AvgIpc) is 1.65. The number of hydrogen-bond acceptors (Lipinski definition) is 21. The van der Waals surface area contributed by atoms with Crippen molar-refractivity contribution in [3.05, 3.63) is 50.8 Å². The zero-order valence-corrected chi connectivity index (χ0v) is 60.7. The third-order valence-electron chi connectivity index (χ3n) is 16.9. The van der Waals surface area contributed by atoms with Crippen LogP contribution in [-0.2, 0) is 68.8 Å². The maximum atomic E-state index is 14.2. The highest BCUT2D eigenvalue weighted by Gasteiger charge is 2.42. The standard InChI is InChI=1S/C67H117N19O16/c1-39(2)32-50(83-61(93)46(20-11-16-26-69)79-53(87)24-10-9-15-25-68)63(95)78-43(7)58(90)81-48(22-13-18-28-71)62(94)84-51(33-40(3)4)64(96)77-42(6)57(89)80-47(21-12-17-27-70)60(92)76-44(8)59(91)82-49(66(98)99)23-14-19-29-74-65(97)55-52(101-31-30-72-35-45-36-73-38-75-45)34-54(102-55)86-37-41(5)56(88)85-67(86)100/h36-40,42-44,46-52,54-55,72H,9-35,68-71H2,1-8H3,(H,73,75)(H,74,97)(H,76,92)(H,77,96)(H,78,95)(H,79,87)(H,80,89)(H,81,90)(H,82,91)(H,83,93)(H,84,94)(H,98,99)(H,85,88,100)/t42-,43-,44-,46-,47-,48-,49-,50-,51-,52+,54-,55+/m1/s1. The van der Waals surface area contributed by atoms with E-state index < -0.39 is 143 Å². The van der Waals surface area contributed by atoms with Gasteiger partial charge in [0.15, 0.2) is 6.10 Å². The van der Waals surface area contributed by atoms with E-state index in [-0.39, 0.29) is 114 Å². The summed E-state index contributed by atoms with van der Waals surface area (Å²) < 4.78 is 13.3. The van der Waals surface area contributed by atoms with E-state index in [9.17, 15) is 67.4 Å². The number of amides is 10. The number of aryl methyl sites for hydroxylation is 1. The number of aromatic nitrogens is 4. The first-order chi connectivity index (χ1) is 48.5. The number of ether oxygens (including phenoxy) is 2. The second kappa shape index (κ2) is 47.9. The van der Waals surface area contributed by atoms with Gasteiger partial charge in [-0.05, 0) is 168 Å². The van der Waals surface area contributed by atoms with Gasteiger partial charge in [0, 0.05) is 56.1 Å². The van der Waals surface area contributed by atoms with Crippen molar-refractivity contribution >= 4 is 65.0 Å². The number of aliphatic carboxylic acids is 1. The number of rotatable bonds is 52. The van der Waals surface area contributed by atoms with E-state index in [0.29, 0.717) is 71.1 Å². The molecule has 1 fully saturated rings. The Kier molecular flexibility index (Phi) is 41.3. The lowest BCUT2D eigenvalue weighted by molar-refractivity contribution is -0.142. The van der Waals surface area contributed by atoms with E-state index in [0.717, 1.165) is 18.5 Å². The van der Waals surface area contributed by atoms with Gasteiger partial charge in [-0.25, -0.2) is 14.6 Å². The van der Waals surface area contributed by atoms with Crippen molar-refractivity contribution in [1.29, 1.82) is 0 Å². The van der Waals surface area contributed by atoms with Gasteiger partial charge >= 0.3 is 11.7 Å². The Morgan fingerprint density at radius 2 is 1.01 bits per heavy atom. The van der Waals surface area contributed by atoms with Crippen LogP contribution >= 0.6 is 0 Å². The molecule has 1 aliphatic rings. The Hall–Kier alpha value is -8.22. The highest BCUT2D eigenvalue weighted by molar-refractivity contribution is 5.98. The van der Waals surface area contributed by atoms with Crippen LogP contribution in [0.5, 0.6) is 0 Å². The number of H-pyrrole nitrogens is 2. The number of carboxylic acid groups (broad SMARTS) is 1. The van der Waals surface area contributed by atoms with E-state index in [1.807, 2.05) is 13.8 Å².